The minimum Gasteiger partial charge on any atom is -0.438 e. The van der Waals surface area contributed by atoms with Gasteiger partial charge in [-0.25, -0.2) is 4.79 Å². The number of ketones is 1. The molecule has 2 N–H and O–H groups in total. The van der Waals surface area contributed by atoms with Crippen LogP contribution in [0.1, 0.15) is 67.8 Å². The normalized spacial score (nSPS) is 24.0. The van der Waals surface area contributed by atoms with Gasteiger partial charge in [-0.15, -0.1) is 11.3 Å². The molecule has 1 unspecified atom stereocenters. The molecule has 1 fully saturated rings. The van der Waals surface area contributed by atoms with Crippen LogP contribution in [0.25, 0.3) is 21.7 Å². The van der Waals surface area contributed by atoms with Gasteiger partial charge in [0.2, 0.25) is 0 Å². The van der Waals surface area contributed by atoms with Crippen molar-refractivity contribution < 1.29 is 32.6 Å². The molecule has 1 amide bonds. The number of hydrogen-bond donors (Lipinski definition) is 2. The molecule has 1 atom stereocenters. The van der Waals surface area contributed by atoms with E-state index in [4.69, 9.17) is 4.74 Å². The zero-order valence-electron chi connectivity index (χ0n) is 23.0. The summed E-state index contributed by atoms with van der Waals surface area (Å²) < 4.78 is 45.4. The van der Waals surface area contributed by atoms with Gasteiger partial charge in [0.15, 0.2) is 5.78 Å². The third-order valence-electron chi connectivity index (χ3n) is 6.97. The number of ether oxygens (including phenoxy) is 1. The Morgan fingerprint density at radius 2 is 1.80 bits per heavy atom. The highest BCUT2D eigenvalue weighted by atomic mass is 32.1. The van der Waals surface area contributed by atoms with E-state index in [0.29, 0.717) is 32.1 Å². The summed E-state index contributed by atoms with van der Waals surface area (Å²) in [6.45, 7) is 7.21. The second-order valence-electron chi connectivity index (χ2n) is 11.9. The number of aliphatic hydroxyl groups is 1. The second-order valence-corrected chi connectivity index (χ2v) is 13.0. The maximum Gasteiger partial charge on any atom is 0.408 e. The molecule has 11 heteroatoms. The fraction of sp³-hybridized carbons (Fsp3) is 0.400. The maximum absolute atomic E-state index is 13.3. The number of aromatic nitrogens is 1. The number of hydrogen-bond acceptors (Lipinski definition) is 7. The molecule has 1 saturated carbocycles. The summed E-state index contributed by atoms with van der Waals surface area (Å²) in [5.74, 6) is -0.687. The zero-order valence-corrected chi connectivity index (χ0v) is 23.8. The molecule has 2 aromatic heterocycles. The summed E-state index contributed by atoms with van der Waals surface area (Å²) in [5, 5.41) is 13.3. The summed E-state index contributed by atoms with van der Waals surface area (Å²) in [6, 6.07) is 10.9. The Balaban J connectivity index is 1.53. The van der Waals surface area contributed by atoms with Gasteiger partial charge in [-0.2, -0.15) is 13.2 Å². The molecule has 5 rings (SSSR count). The Labute approximate surface area is 239 Å². The van der Waals surface area contributed by atoms with Crippen LogP contribution in [0.2, 0.25) is 0 Å². The number of alkyl carbamates (subject to hydrolysis) is 1. The van der Waals surface area contributed by atoms with Gasteiger partial charge in [-0.3, -0.25) is 14.8 Å². The van der Waals surface area contributed by atoms with E-state index in [-0.39, 0.29) is 18.4 Å². The van der Waals surface area contributed by atoms with Gasteiger partial charge in [0.1, 0.15) is 11.6 Å². The van der Waals surface area contributed by atoms with E-state index in [1.807, 2.05) is 32.9 Å². The average Bonchev–Trinajstić information content (AvgIpc) is 3.23. The van der Waals surface area contributed by atoms with Crippen LogP contribution < -0.4 is 5.32 Å². The van der Waals surface area contributed by atoms with Gasteiger partial charge in [0, 0.05) is 46.8 Å². The Morgan fingerprint density at radius 1 is 1.12 bits per heavy atom. The fourth-order valence-corrected chi connectivity index (χ4v) is 6.65. The summed E-state index contributed by atoms with van der Waals surface area (Å²) in [4.78, 5) is 35.4. The minimum absolute atomic E-state index is 0.186. The number of Topliss-reactive ketones (excluding diaryl/α,β-unsaturated/α-hetero) is 1. The summed E-state index contributed by atoms with van der Waals surface area (Å²) in [6.07, 6.45) is -3.13. The predicted octanol–water partition coefficient (Wildman–Crippen LogP) is 6.68. The molecule has 0 spiro atoms. The molecule has 0 saturated heterocycles. The van der Waals surface area contributed by atoms with E-state index in [0.717, 1.165) is 0 Å². The Hall–Kier alpha value is -3.57. The lowest BCUT2D eigenvalue weighted by Gasteiger charge is -2.51. The number of benzene rings is 1. The van der Waals surface area contributed by atoms with Crippen LogP contribution in [0, 0.1) is 0 Å². The molecule has 1 aliphatic heterocycles. The van der Waals surface area contributed by atoms with Crippen molar-refractivity contribution in [1.29, 1.82) is 0 Å². The fourth-order valence-electron chi connectivity index (χ4n) is 5.45. The van der Waals surface area contributed by atoms with Crippen LogP contribution in [-0.4, -0.2) is 51.5 Å². The Kier molecular flexibility index (Phi) is 7.10. The monoisotopic (exact) mass is 585 g/mol. The molecule has 0 radical (unpaired) electrons. The first-order chi connectivity index (χ1) is 19.1. The number of pyridine rings is 1. The lowest BCUT2D eigenvalue weighted by Crippen LogP contribution is -2.57. The number of halogens is 3. The first kappa shape index (κ1) is 28.9. The van der Waals surface area contributed by atoms with Crippen molar-refractivity contribution in [2.45, 2.75) is 75.9 Å². The van der Waals surface area contributed by atoms with Crippen molar-refractivity contribution in [3.05, 3.63) is 64.7 Å². The van der Waals surface area contributed by atoms with E-state index in [1.54, 1.807) is 43.5 Å². The third kappa shape index (κ3) is 6.06. The van der Waals surface area contributed by atoms with Crippen molar-refractivity contribution in [2.75, 3.05) is 0 Å². The second kappa shape index (κ2) is 10.1. The SMILES string of the molecule is CC1(O)CC(OC(=O)NC(C)(C)C)(c2ccc(-c3sc4c(c3-c3ccccn3)C(=O)C(CC(F)(F)F)N=C4)cc2)C1. The standard InChI is InChI=1S/C30H30F3N3O4S/c1-27(2,3)36-26(38)40-29(15-28(4,39)16-29)18-10-8-17(9-11-18)25-22(19-7-5-6-12-34-19)23-21(41-25)14-35-20(24(23)37)13-30(31,32)33/h5-12,14,20,39H,13,15-16H2,1-4H3,(H,36,38). The Morgan fingerprint density at radius 3 is 2.37 bits per heavy atom. The molecule has 2 aliphatic rings. The molecule has 1 aromatic carbocycles. The number of rotatable bonds is 5. The van der Waals surface area contributed by atoms with Crippen LogP contribution in [-0.2, 0) is 10.3 Å². The highest BCUT2D eigenvalue weighted by molar-refractivity contribution is 7.18. The van der Waals surface area contributed by atoms with Gasteiger partial charge in [0.05, 0.1) is 22.6 Å². The maximum atomic E-state index is 13.3. The lowest BCUT2D eigenvalue weighted by atomic mass is 9.65. The third-order valence-corrected chi connectivity index (χ3v) is 8.15. The molecule has 216 valence electrons. The van der Waals surface area contributed by atoms with Gasteiger partial charge in [-0.05, 0) is 51.0 Å². The van der Waals surface area contributed by atoms with Gasteiger partial charge in [-0.1, -0.05) is 30.3 Å². The molecule has 1 aliphatic carbocycles. The first-order valence-corrected chi connectivity index (χ1v) is 13.9. The van der Waals surface area contributed by atoms with Gasteiger partial charge >= 0.3 is 12.3 Å². The zero-order chi connectivity index (χ0) is 29.8. The van der Waals surface area contributed by atoms with E-state index < -0.39 is 47.3 Å². The molecule has 7 nitrogen and oxygen atoms in total. The lowest BCUT2D eigenvalue weighted by molar-refractivity contribution is -0.177. The van der Waals surface area contributed by atoms with Crippen LogP contribution in [0.5, 0.6) is 0 Å². The van der Waals surface area contributed by atoms with E-state index >= 15 is 0 Å². The molecule has 3 heterocycles. The topological polar surface area (TPSA) is 101 Å². The van der Waals surface area contributed by atoms with Crippen LogP contribution in [0.4, 0.5) is 18.0 Å². The highest BCUT2D eigenvalue weighted by Gasteiger charge is 2.55. The van der Waals surface area contributed by atoms with Crippen LogP contribution >= 0.6 is 11.3 Å². The van der Waals surface area contributed by atoms with Crippen molar-refractivity contribution in [3.8, 4) is 21.7 Å². The number of thiophene rings is 1. The number of nitrogens with zero attached hydrogens (tertiary/aromatic N) is 2. The number of fused-ring (bicyclic) bond motifs is 1. The molecular formula is C30H30F3N3O4S. The van der Waals surface area contributed by atoms with Gasteiger partial charge in [0.25, 0.3) is 0 Å². The quantitative estimate of drug-likeness (QED) is 0.348. The first-order valence-electron chi connectivity index (χ1n) is 13.1. The van der Waals surface area contributed by atoms with E-state index in [2.05, 4.69) is 15.3 Å². The van der Waals surface area contributed by atoms with Crippen LogP contribution in [0.15, 0.2) is 53.7 Å². The van der Waals surface area contributed by atoms with Crippen molar-refractivity contribution in [3.63, 3.8) is 0 Å². The number of alkyl halides is 3. The molecular weight excluding hydrogens is 555 g/mol. The molecule has 41 heavy (non-hydrogen) atoms. The molecule has 0 bridgehead atoms. The van der Waals surface area contributed by atoms with E-state index in [1.165, 1.54) is 17.6 Å². The summed E-state index contributed by atoms with van der Waals surface area (Å²) in [7, 11) is 0. The van der Waals surface area contributed by atoms with Crippen LogP contribution in [0.3, 0.4) is 0 Å². The van der Waals surface area contributed by atoms with E-state index in [9.17, 15) is 27.9 Å². The minimum atomic E-state index is -4.54. The molecule has 3 aromatic rings. The predicted molar refractivity (Wildman–Crippen MR) is 150 cm³/mol. The number of amides is 1. The van der Waals surface area contributed by atoms with Gasteiger partial charge < -0.3 is 15.2 Å². The van der Waals surface area contributed by atoms with Crippen molar-refractivity contribution in [2.24, 2.45) is 4.99 Å². The van der Waals surface area contributed by atoms with Crippen molar-refractivity contribution in [1.82, 2.24) is 10.3 Å². The Bertz CT molecular complexity index is 1500. The smallest absolute Gasteiger partial charge is 0.408 e. The number of carbonyl (C=O) groups is 2. The highest BCUT2D eigenvalue weighted by Crippen LogP contribution is 2.52. The average molecular weight is 586 g/mol. The number of carbonyl (C=O) groups excluding carboxylic acids is 2. The van der Waals surface area contributed by atoms with Crippen molar-refractivity contribution >= 4 is 29.4 Å². The summed E-state index contributed by atoms with van der Waals surface area (Å²) >= 11 is 1.26. The number of aliphatic imine (C=N–C) groups is 1. The largest absolute Gasteiger partial charge is 0.438 e. The number of nitrogens with one attached hydrogen (secondary N) is 1. The summed E-state index contributed by atoms with van der Waals surface area (Å²) in [5.41, 5.74) is -0.00544.